The van der Waals surface area contributed by atoms with Gasteiger partial charge in [-0.2, -0.15) is 0 Å². The maximum atomic E-state index is 12.1. The largest absolute Gasteiger partial charge is 0.445 e. The summed E-state index contributed by atoms with van der Waals surface area (Å²) in [6, 6.07) is 9.65. The molecule has 1 spiro atoms. The summed E-state index contributed by atoms with van der Waals surface area (Å²) in [6.07, 6.45) is 3.80. The first-order valence-corrected chi connectivity index (χ1v) is 7.76. The molecule has 1 fully saturated rings. The van der Waals surface area contributed by atoms with Crippen LogP contribution in [-0.2, 0) is 16.1 Å². The van der Waals surface area contributed by atoms with E-state index >= 15 is 0 Å². The first-order chi connectivity index (χ1) is 10.6. The monoisotopic (exact) mass is 299 g/mol. The fraction of sp³-hybridized carbons (Fsp3) is 0.444. The second-order valence-corrected chi connectivity index (χ2v) is 6.34. The lowest BCUT2D eigenvalue weighted by atomic mass is 9.75. The maximum absolute atomic E-state index is 12.1. The van der Waals surface area contributed by atoms with E-state index in [0.29, 0.717) is 19.7 Å². The summed E-state index contributed by atoms with van der Waals surface area (Å²) in [5.74, 6) is 0.238. The number of amides is 1. The molecule has 4 heteroatoms. The van der Waals surface area contributed by atoms with Gasteiger partial charge in [0.25, 0.3) is 0 Å². The third-order valence-electron chi connectivity index (χ3n) is 4.70. The molecule has 1 heterocycles. The van der Waals surface area contributed by atoms with Crippen molar-refractivity contribution in [2.75, 3.05) is 13.1 Å². The van der Waals surface area contributed by atoms with Crippen LogP contribution < -0.4 is 0 Å². The molecule has 116 valence electrons. The second kappa shape index (κ2) is 5.95. The average Bonchev–Trinajstić information content (AvgIpc) is 2.80. The van der Waals surface area contributed by atoms with E-state index in [1.54, 1.807) is 11.0 Å². The second-order valence-electron chi connectivity index (χ2n) is 6.34. The minimum Gasteiger partial charge on any atom is -0.445 e. The molecule has 3 rings (SSSR count). The van der Waals surface area contributed by atoms with Gasteiger partial charge in [0, 0.05) is 18.5 Å². The number of nitrogens with zero attached hydrogens (tertiary/aromatic N) is 1. The summed E-state index contributed by atoms with van der Waals surface area (Å²) in [7, 11) is 0. The van der Waals surface area contributed by atoms with Gasteiger partial charge in [0.05, 0.1) is 0 Å². The van der Waals surface area contributed by atoms with Crippen LogP contribution in [0.25, 0.3) is 0 Å². The smallest absolute Gasteiger partial charge is 0.410 e. The topological polar surface area (TPSA) is 46.6 Å². The third kappa shape index (κ3) is 2.91. The zero-order valence-electron chi connectivity index (χ0n) is 12.9. The molecule has 0 radical (unpaired) electrons. The Hall–Kier alpha value is -2.10. The molecule has 0 aromatic heterocycles. The van der Waals surface area contributed by atoms with Crippen LogP contribution in [0.3, 0.4) is 0 Å². The highest BCUT2D eigenvalue weighted by Gasteiger charge is 2.44. The summed E-state index contributed by atoms with van der Waals surface area (Å²) < 4.78 is 5.36. The van der Waals surface area contributed by atoms with Gasteiger partial charge in [-0.15, -0.1) is 0 Å². The standard InChI is InChI=1S/C18H21NO3/c1-14-11-16(20)18(12-14)7-9-19(10-8-18)17(21)22-13-15-5-3-2-4-6-15/h2-6,11H,7-10,12-13H2,1H3. The molecule has 4 nitrogen and oxygen atoms in total. The van der Waals surface area contributed by atoms with E-state index in [1.807, 2.05) is 37.3 Å². The van der Waals surface area contributed by atoms with E-state index < -0.39 is 0 Å². The van der Waals surface area contributed by atoms with Gasteiger partial charge in [-0.25, -0.2) is 4.79 Å². The average molecular weight is 299 g/mol. The van der Waals surface area contributed by atoms with Crippen molar-refractivity contribution >= 4 is 11.9 Å². The molecule has 2 aliphatic rings. The molecule has 1 aromatic carbocycles. The summed E-state index contributed by atoms with van der Waals surface area (Å²) in [5.41, 5.74) is 1.89. The van der Waals surface area contributed by atoms with Crippen molar-refractivity contribution in [2.45, 2.75) is 32.8 Å². The molecule has 0 saturated carbocycles. The SMILES string of the molecule is CC1=CC(=O)C2(CCN(C(=O)OCc3ccccc3)CC2)C1. The molecule has 0 atom stereocenters. The minimum atomic E-state index is -0.283. The van der Waals surface area contributed by atoms with Gasteiger partial charge in [0.15, 0.2) is 5.78 Å². The van der Waals surface area contributed by atoms with Gasteiger partial charge < -0.3 is 9.64 Å². The van der Waals surface area contributed by atoms with E-state index in [-0.39, 0.29) is 17.3 Å². The predicted molar refractivity (Wildman–Crippen MR) is 83.2 cm³/mol. The Bertz CT molecular complexity index is 598. The van der Waals surface area contributed by atoms with Crippen molar-refractivity contribution in [3.05, 3.63) is 47.5 Å². The quantitative estimate of drug-likeness (QED) is 0.841. The Morgan fingerprint density at radius 2 is 1.91 bits per heavy atom. The molecule has 0 bridgehead atoms. The summed E-state index contributed by atoms with van der Waals surface area (Å²) in [5, 5.41) is 0. The van der Waals surface area contributed by atoms with Crippen LogP contribution >= 0.6 is 0 Å². The van der Waals surface area contributed by atoms with Crippen LogP contribution in [0.5, 0.6) is 0 Å². The molecule has 0 N–H and O–H groups in total. The Balaban J connectivity index is 1.51. The maximum Gasteiger partial charge on any atom is 0.410 e. The zero-order chi connectivity index (χ0) is 15.6. The van der Waals surface area contributed by atoms with E-state index in [1.165, 1.54) is 0 Å². The van der Waals surface area contributed by atoms with Gasteiger partial charge >= 0.3 is 6.09 Å². The fourth-order valence-electron chi connectivity index (χ4n) is 3.40. The van der Waals surface area contributed by atoms with Crippen LogP contribution in [0.2, 0.25) is 0 Å². The highest BCUT2D eigenvalue weighted by atomic mass is 16.6. The summed E-state index contributed by atoms with van der Waals surface area (Å²) >= 11 is 0. The molecule has 1 aromatic rings. The fourth-order valence-corrected chi connectivity index (χ4v) is 3.40. The number of hydrogen-bond donors (Lipinski definition) is 0. The van der Waals surface area contributed by atoms with Crippen molar-refractivity contribution < 1.29 is 14.3 Å². The first kappa shape index (κ1) is 14.8. The normalized spacial score (nSPS) is 20.1. The van der Waals surface area contributed by atoms with Crippen molar-refractivity contribution in [1.29, 1.82) is 0 Å². The number of carbonyl (C=O) groups excluding carboxylic acids is 2. The Kier molecular flexibility index (Phi) is 4.01. The summed E-state index contributed by atoms with van der Waals surface area (Å²) in [6.45, 7) is 3.50. The first-order valence-electron chi connectivity index (χ1n) is 7.76. The number of benzene rings is 1. The van der Waals surface area contributed by atoms with Gasteiger partial charge in [-0.3, -0.25) is 4.79 Å². The van der Waals surface area contributed by atoms with Crippen molar-refractivity contribution in [3.8, 4) is 0 Å². The molecule has 1 saturated heterocycles. The van der Waals surface area contributed by atoms with Crippen LogP contribution in [0.15, 0.2) is 42.0 Å². The van der Waals surface area contributed by atoms with Crippen molar-refractivity contribution in [3.63, 3.8) is 0 Å². The lowest BCUT2D eigenvalue weighted by molar-refractivity contribution is -0.125. The Labute approximate surface area is 130 Å². The van der Waals surface area contributed by atoms with E-state index in [2.05, 4.69) is 0 Å². The predicted octanol–water partition coefficient (Wildman–Crippen LogP) is 3.32. The molecular weight excluding hydrogens is 278 g/mol. The number of piperidine rings is 1. The van der Waals surface area contributed by atoms with E-state index in [9.17, 15) is 9.59 Å². The van der Waals surface area contributed by atoms with Crippen LogP contribution in [0.1, 0.15) is 31.7 Å². The van der Waals surface area contributed by atoms with Crippen LogP contribution in [0.4, 0.5) is 4.79 Å². The molecule has 1 aliphatic carbocycles. The lowest BCUT2D eigenvalue weighted by Crippen LogP contribution is -2.45. The number of carbonyl (C=O) groups is 2. The number of ether oxygens (including phenoxy) is 1. The third-order valence-corrected chi connectivity index (χ3v) is 4.70. The molecule has 1 amide bonds. The number of likely N-dealkylation sites (tertiary alicyclic amines) is 1. The van der Waals surface area contributed by atoms with Crippen molar-refractivity contribution in [1.82, 2.24) is 4.90 Å². The van der Waals surface area contributed by atoms with E-state index in [0.717, 1.165) is 30.4 Å². The van der Waals surface area contributed by atoms with Gasteiger partial charge in [0.1, 0.15) is 6.61 Å². The molecule has 1 aliphatic heterocycles. The van der Waals surface area contributed by atoms with Gasteiger partial charge in [0.2, 0.25) is 0 Å². The van der Waals surface area contributed by atoms with Gasteiger partial charge in [-0.05, 0) is 37.8 Å². The Morgan fingerprint density at radius 3 is 2.50 bits per heavy atom. The molecule has 0 unspecified atom stereocenters. The molecule has 22 heavy (non-hydrogen) atoms. The number of hydrogen-bond acceptors (Lipinski definition) is 3. The highest BCUT2D eigenvalue weighted by Crippen LogP contribution is 2.43. The highest BCUT2D eigenvalue weighted by molar-refractivity contribution is 5.98. The Morgan fingerprint density at radius 1 is 1.23 bits per heavy atom. The lowest BCUT2D eigenvalue weighted by Gasteiger charge is -2.37. The number of ketones is 1. The van der Waals surface area contributed by atoms with Gasteiger partial charge in [-0.1, -0.05) is 35.9 Å². The van der Waals surface area contributed by atoms with Crippen LogP contribution in [0, 0.1) is 5.41 Å². The minimum absolute atomic E-state index is 0.238. The number of rotatable bonds is 2. The zero-order valence-corrected chi connectivity index (χ0v) is 12.9. The molecular formula is C18H21NO3. The van der Waals surface area contributed by atoms with Crippen LogP contribution in [-0.4, -0.2) is 29.9 Å². The van der Waals surface area contributed by atoms with E-state index in [4.69, 9.17) is 4.74 Å². The summed E-state index contributed by atoms with van der Waals surface area (Å²) in [4.78, 5) is 26.0. The van der Waals surface area contributed by atoms with Crippen molar-refractivity contribution in [2.24, 2.45) is 5.41 Å². The number of allylic oxidation sites excluding steroid dienone is 2.